The van der Waals surface area contributed by atoms with E-state index in [9.17, 15) is 14.4 Å². The maximum atomic E-state index is 13.2. The first-order chi connectivity index (χ1) is 19.2. The smallest absolute Gasteiger partial charge is 0.272 e. The van der Waals surface area contributed by atoms with E-state index in [0.29, 0.717) is 45.8 Å². The highest BCUT2D eigenvalue weighted by atomic mass is 35.5. The Labute approximate surface area is 243 Å². The van der Waals surface area contributed by atoms with Crippen LogP contribution in [0.3, 0.4) is 0 Å². The highest BCUT2D eigenvalue weighted by Crippen LogP contribution is 2.27. The van der Waals surface area contributed by atoms with Gasteiger partial charge in [-0.15, -0.1) is 0 Å². The van der Waals surface area contributed by atoms with E-state index >= 15 is 0 Å². The molecule has 1 heterocycles. The molecular formula is C31H32Cl2N4O3. The minimum Gasteiger partial charge on any atom is -0.352 e. The van der Waals surface area contributed by atoms with Crippen LogP contribution in [0.25, 0.3) is 10.9 Å². The summed E-state index contributed by atoms with van der Waals surface area (Å²) in [5.74, 6) is -0.798. The third kappa shape index (κ3) is 7.03. The maximum absolute atomic E-state index is 13.2. The van der Waals surface area contributed by atoms with Crippen LogP contribution < -0.4 is 16.0 Å². The number of benzene rings is 3. The van der Waals surface area contributed by atoms with Gasteiger partial charge in [-0.3, -0.25) is 14.4 Å². The highest BCUT2D eigenvalue weighted by Gasteiger charge is 2.18. The fourth-order valence-corrected chi connectivity index (χ4v) is 4.60. The second-order valence-electron chi connectivity index (χ2n) is 9.91. The van der Waals surface area contributed by atoms with Gasteiger partial charge in [0, 0.05) is 46.3 Å². The molecule has 0 bridgehead atoms. The van der Waals surface area contributed by atoms with Crippen molar-refractivity contribution in [1.29, 1.82) is 0 Å². The second-order valence-corrected chi connectivity index (χ2v) is 10.8. The lowest BCUT2D eigenvalue weighted by atomic mass is 10.1. The number of rotatable bonds is 10. The van der Waals surface area contributed by atoms with E-state index in [2.05, 4.69) is 22.9 Å². The monoisotopic (exact) mass is 578 g/mol. The zero-order valence-electron chi connectivity index (χ0n) is 22.7. The van der Waals surface area contributed by atoms with Crippen LogP contribution in [0.15, 0.2) is 66.7 Å². The van der Waals surface area contributed by atoms with Crippen LogP contribution >= 0.6 is 23.2 Å². The van der Waals surface area contributed by atoms with Crippen molar-refractivity contribution in [2.45, 2.75) is 46.7 Å². The van der Waals surface area contributed by atoms with Gasteiger partial charge in [0.2, 0.25) is 5.91 Å². The van der Waals surface area contributed by atoms with Crippen molar-refractivity contribution in [2.24, 2.45) is 5.92 Å². The number of anilines is 2. The molecule has 0 unspecified atom stereocenters. The lowest BCUT2D eigenvalue weighted by Crippen LogP contribution is -2.27. The van der Waals surface area contributed by atoms with Crippen LogP contribution in [0.1, 0.15) is 60.0 Å². The lowest BCUT2D eigenvalue weighted by molar-refractivity contribution is -0.124. The molecule has 0 aliphatic heterocycles. The standard InChI is InChI=1S/C31H32Cl2N4O3/c1-4-5-14-37-27-13-11-24(16-21(27)17-28(37)31(40)35-23-9-7-22(32)8-10-23)36-30(39)25-15-20(6-12-26(25)33)18-34-29(38)19(2)3/h6-13,15-17,19H,4-5,14,18H2,1-3H3,(H,34,38)(H,35,40)(H,36,39). The highest BCUT2D eigenvalue weighted by molar-refractivity contribution is 6.34. The number of nitrogens with one attached hydrogen (secondary N) is 3. The number of hydrogen-bond acceptors (Lipinski definition) is 3. The number of unbranched alkanes of at least 4 members (excludes halogenated alkanes) is 1. The van der Waals surface area contributed by atoms with E-state index in [0.717, 1.165) is 29.3 Å². The largest absolute Gasteiger partial charge is 0.352 e. The molecule has 3 N–H and O–H groups in total. The first-order valence-electron chi connectivity index (χ1n) is 13.2. The number of nitrogens with zero attached hydrogens (tertiary/aromatic N) is 1. The zero-order valence-corrected chi connectivity index (χ0v) is 24.2. The van der Waals surface area contributed by atoms with Crippen LogP contribution in [0, 0.1) is 5.92 Å². The second kappa shape index (κ2) is 13.0. The van der Waals surface area contributed by atoms with Gasteiger partial charge < -0.3 is 20.5 Å². The van der Waals surface area contributed by atoms with E-state index in [1.54, 1.807) is 42.5 Å². The van der Waals surface area contributed by atoms with Crippen LogP contribution in [0.4, 0.5) is 11.4 Å². The summed E-state index contributed by atoms with van der Waals surface area (Å²) in [5, 5.41) is 10.4. The molecule has 1 aromatic heterocycles. The van der Waals surface area contributed by atoms with Crippen molar-refractivity contribution in [3.63, 3.8) is 0 Å². The quantitative estimate of drug-likeness (QED) is 0.181. The van der Waals surface area contributed by atoms with Crippen molar-refractivity contribution in [3.8, 4) is 0 Å². The number of amides is 3. The first kappa shape index (κ1) is 29.2. The Morgan fingerprint density at radius 3 is 2.25 bits per heavy atom. The Morgan fingerprint density at radius 2 is 1.55 bits per heavy atom. The summed E-state index contributed by atoms with van der Waals surface area (Å²) in [4.78, 5) is 38.3. The van der Waals surface area contributed by atoms with Gasteiger partial charge in [0.25, 0.3) is 11.8 Å². The number of carbonyl (C=O) groups excluding carboxylic acids is 3. The Hall–Kier alpha value is -3.81. The van der Waals surface area contributed by atoms with Gasteiger partial charge in [-0.05, 0) is 72.6 Å². The molecule has 4 rings (SSSR count). The number of fused-ring (bicyclic) bond motifs is 1. The van der Waals surface area contributed by atoms with Gasteiger partial charge >= 0.3 is 0 Å². The average Bonchev–Trinajstić information content (AvgIpc) is 3.30. The van der Waals surface area contributed by atoms with Crippen molar-refractivity contribution in [1.82, 2.24) is 9.88 Å². The average molecular weight is 580 g/mol. The number of halogens is 2. The summed E-state index contributed by atoms with van der Waals surface area (Å²) in [5.41, 5.74) is 3.72. The molecule has 0 aliphatic rings. The lowest BCUT2D eigenvalue weighted by Gasteiger charge is -2.12. The Kier molecular flexibility index (Phi) is 9.50. The number of aromatic nitrogens is 1. The first-order valence-corrected chi connectivity index (χ1v) is 14.0. The molecule has 4 aromatic rings. The summed E-state index contributed by atoms with van der Waals surface area (Å²) in [6.45, 7) is 6.72. The van der Waals surface area contributed by atoms with Crippen molar-refractivity contribution >= 4 is 63.2 Å². The van der Waals surface area contributed by atoms with Gasteiger partial charge in [-0.25, -0.2) is 0 Å². The molecule has 3 amide bonds. The fraction of sp³-hybridized carbons (Fsp3) is 0.258. The van der Waals surface area contributed by atoms with E-state index in [1.165, 1.54) is 0 Å². The van der Waals surface area contributed by atoms with E-state index < -0.39 is 0 Å². The summed E-state index contributed by atoms with van der Waals surface area (Å²) >= 11 is 12.3. The molecule has 9 heteroatoms. The SMILES string of the molecule is CCCCn1c(C(=O)Nc2ccc(Cl)cc2)cc2cc(NC(=O)c3cc(CNC(=O)C(C)C)ccc3Cl)ccc21. The Bertz CT molecular complexity index is 1540. The topological polar surface area (TPSA) is 92.2 Å². The van der Waals surface area contributed by atoms with Gasteiger partial charge in [-0.1, -0.05) is 56.5 Å². The summed E-state index contributed by atoms with van der Waals surface area (Å²) in [6, 6.07) is 19.4. The van der Waals surface area contributed by atoms with Crippen LogP contribution in [0.2, 0.25) is 10.0 Å². The minimum absolute atomic E-state index is 0.0682. The molecule has 0 radical (unpaired) electrons. The molecule has 0 fully saturated rings. The van der Waals surface area contributed by atoms with Crippen LogP contribution in [0.5, 0.6) is 0 Å². The van der Waals surface area contributed by atoms with Gasteiger partial charge in [0.1, 0.15) is 5.69 Å². The van der Waals surface area contributed by atoms with Crippen LogP contribution in [-0.4, -0.2) is 22.3 Å². The molecule has 0 aliphatic carbocycles. The third-order valence-corrected chi connectivity index (χ3v) is 7.08. The Morgan fingerprint density at radius 1 is 0.850 bits per heavy atom. The normalized spacial score (nSPS) is 11.1. The van der Waals surface area contributed by atoms with E-state index in [-0.39, 0.29) is 23.6 Å². The van der Waals surface area contributed by atoms with E-state index in [4.69, 9.17) is 23.2 Å². The van der Waals surface area contributed by atoms with Crippen LogP contribution in [-0.2, 0) is 17.9 Å². The third-order valence-electron chi connectivity index (χ3n) is 6.50. The molecule has 208 valence electrons. The van der Waals surface area contributed by atoms with Gasteiger partial charge in [-0.2, -0.15) is 0 Å². The molecule has 0 saturated heterocycles. The Balaban J connectivity index is 1.56. The van der Waals surface area contributed by atoms with Gasteiger partial charge in [0.15, 0.2) is 0 Å². The molecule has 0 spiro atoms. The summed E-state index contributed by atoms with van der Waals surface area (Å²) in [7, 11) is 0. The minimum atomic E-state index is -0.368. The van der Waals surface area contributed by atoms with Crippen molar-refractivity contribution in [2.75, 3.05) is 10.6 Å². The maximum Gasteiger partial charge on any atom is 0.272 e. The number of carbonyl (C=O) groups is 3. The predicted octanol–water partition coefficient (Wildman–Crippen LogP) is 7.53. The zero-order chi connectivity index (χ0) is 28.8. The number of hydrogen-bond donors (Lipinski definition) is 3. The fourth-order valence-electron chi connectivity index (χ4n) is 4.27. The van der Waals surface area contributed by atoms with Crippen molar-refractivity contribution < 1.29 is 14.4 Å². The molecule has 0 atom stereocenters. The van der Waals surface area contributed by atoms with Gasteiger partial charge in [0.05, 0.1) is 10.6 Å². The molecule has 7 nitrogen and oxygen atoms in total. The molecular weight excluding hydrogens is 547 g/mol. The molecule has 40 heavy (non-hydrogen) atoms. The summed E-state index contributed by atoms with van der Waals surface area (Å²) < 4.78 is 2.00. The summed E-state index contributed by atoms with van der Waals surface area (Å²) in [6.07, 6.45) is 1.89. The van der Waals surface area contributed by atoms with E-state index in [1.807, 2.05) is 42.7 Å². The molecule has 3 aromatic carbocycles. The van der Waals surface area contributed by atoms with Crippen molar-refractivity contribution in [3.05, 3.63) is 93.6 Å². The number of aryl methyl sites for hydroxylation is 1. The predicted molar refractivity (Wildman–Crippen MR) is 162 cm³/mol. The molecule has 0 saturated carbocycles.